The van der Waals surface area contributed by atoms with Crippen LogP contribution < -0.4 is 5.32 Å². The average Bonchev–Trinajstić information content (AvgIpc) is 2.83. The van der Waals surface area contributed by atoms with Gasteiger partial charge in [0.1, 0.15) is 11.6 Å². The topological polar surface area (TPSA) is 59.3 Å². The number of carbonyl (C=O) groups excluding carboxylic acids is 2. The molecule has 0 unspecified atom stereocenters. The Morgan fingerprint density at radius 1 is 1.30 bits per heavy atom. The molecule has 1 N–H and O–H groups in total. The lowest BCUT2D eigenvalue weighted by molar-refractivity contribution is -0.116. The lowest BCUT2D eigenvalue weighted by Gasteiger charge is -2.17. The van der Waals surface area contributed by atoms with Crippen LogP contribution in [0.1, 0.15) is 33.7 Å². The number of hydrogen-bond donors (Lipinski definition) is 1. The van der Waals surface area contributed by atoms with E-state index in [2.05, 4.69) is 5.32 Å². The number of benzene rings is 1. The lowest BCUT2D eigenvalue weighted by Crippen LogP contribution is -2.20. The summed E-state index contributed by atoms with van der Waals surface area (Å²) < 4.78 is 19.1. The second kappa shape index (κ2) is 4.59. The van der Waals surface area contributed by atoms with Gasteiger partial charge < -0.3 is 9.73 Å². The molecule has 0 aliphatic carbocycles. The molecule has 1 aliphatic heterocycles. The summed E-state index contributed by atoms with van der Waals surface area (Å²) >= 11 is 0. The second-order valence-corrected chi connectivity index (χ2v) is 4.76. The Kier molecular flexibility index (Phi) is 2.89. The van der Waals surface area contributed by atoms with Gasteiger partial charge in [-0.3, -0.25) is 9.59 Å². The molecule has 1 aromatic heterocycles. The van der Waals surface area contributed by atoms with Crippen molar-refractivity contribution in [3.05, 3.63) is 52.7 Å². The Bertz CT molecular complexity index is 718. The summed E-state index contributed by atoms with van der Waals surface area (Å²) in [4.78, 5) is 23.6. The number of amides is 1. The van der Waals surface area contributed by atoms with Crippen LogP contribution in [0.2, 0.25) is 0 Å². The zero-order valence-electron chi connectivity index (χ0n) is 10.8. The standard InChI is InChI=1S/C15H12FNO3/c1-8-10(4-5-20-8)15(19)11-6-9-2-3-14(18)17-13(9)7-12(11)16/h4-7H,2-3H2,1H3,(H,17,18). The van der Waals surface area contributed by atoms with Crippen LogP contribution in [0.15, 0.2) is 28.9 Å². The van der Waals surface area contributed by atoms with Gasteiger partial charge in [0, 0.05) is 12.1 Å². The van der Waals surface area contributed by atoms with Crippen LogP contribution in [0.5, 0.6) is 0 Å². The van der Waals surface area contributed by atoms with Gasteiger partial charge in [0.2, 0.25) is 5.91 Å². The molecule has 0 fully saturated rings. The molecular formula is C15H12FNO3. The summed E-state index contributed by atoms with van der Waals surface area (Å²) in [6.45, 7) is 1.66. The van der Waals surface area contributed by atoms with Gasteiger partial charge in [-0.05, 0) is 37.1 Å². The van der Waals surface area contributed by atoms with Gasteiger partial charge in [0.15, 0.2) is 5.78 Å². The highest BCUT2D eigenvalue weighted by Crippen LogP contribution is 2.27. The van der Waals surface area contributed by atoms with E-state index in [4.69, 9.17) is 4.42 Å². The Morgan fingerprint density at radius 3 is 2.80 bits per heavy atom. The quantitative estimate of drug-likeness (QED) is 0.856. The summed E-state index contributed by atoms with van der Waals surface area (Å²) in [5, 5.41) is 2.60. The van der Waals surface area contributed by atoms with Crippen molar-refractivity contribution in [2.75, 3.05) is 5.32 Å². The smallest absolute Gasteiger partial charge is 0.224 e. The molecule has 1 aromatic carbocycles. The second-order valence-electron chi connectivity index (χ2n) is 4.76. The van der Waals surface area contributed by atoms with E-state index in [1.165, 1.54) is 24.5 Å². The number of carbonyl (C=O) groups is 2. The molecule has 0 spiro atoms. The Balaban J connectivity index is 2.05. The molecule has 0 saturated carbocycles. The maximum Gasteiger partial charge on any atom is 0.224 e. The van der Waals surface area contributed by atoms with E-state index in [-0.39, 0.29) is 11.5 Å². The molecule has 5 heteroatoms. The van der Waals surface area contributed by atoms with Gasteiger partial charge in [-0.1, -0.05) is 0 Å². The van der Waals surface area contributed by atoms with E-state index in [1.54, 1.807) is 6.92 Å². The average molecular weight is 273 g/mol. The third-order valence-electron chi connectivity index (χ3n) is 3.44. The normalized spacial score (nSPS) is 13.8. The summed E-state index contributed by atoms with van der Waals surface area (Å²) in [6.07, 6.45) is 2.25. The number of rotatable bonds is 2. The minimum atomic E-state index is -0.642. The molecule has 1 aliphatic rings. The van der Waals surface area contributed by atoms with Crippen molar-refractivity contribution in [1.29, 1.82) is 0 Å². The van der Waals surface area contributed by atoms with Gasteiger partial charge in [-0.15, -0.1) is 0 Å². The fourth-order valence-corrected chi connectivity index (χ4v) is 2.34. The van der Waals surface area contributed by atoms with Gasteiger partial charge in [0.05, 0.1) is 17.4 Å². The van der Waals surface area contributed by atoms with Crippen LogP contribution in [-0.4, -0.2) is 11.7 Å². The largest absolute Gasteiger partial charge is 0.469 e. The van der Waals surface area contributed by atoms with Gasteiger partial charge >= 0.3 is 0 Å². The number of hydrogen-bond acceptors (Lipinski definition) is 3. The molecule has 2 heterocycles. The molecule has 102 valence electrons. The molecule has 0 atom stereocenters. The predicted molar refractivity (Wildman–Crippen MR) is 70.2 cm³/mol. The van der Waals surface area contributed by atoms with Crippen LogP contribution in [0.25, 0.3) is 0 Å². The van der Waals surface area contributed by atoms with E-state index in [9.17, 15) is 14.0 Å². The van der Waals surface area contributed by atoms with E-state index in [1.807, 2.05) is 0 Å². The van der Waals surface area contributed by atoms with E-state index < -0.39 is 11.6 Å². The Labute approximate surface area is 114 Å². The third kappa shape index (κ3) is 2.01. The van der Waals surface area contributed by atoms with E-state index in [0.717, 1.165) is 5.56 Å². The highest BCUT2D eigenvalue weighted by atomic mass is 19.1. The van der Waals surface area contributed by atoms with Crippen molar-refractivity contribution in [3.8, 4) is 0 Å². The van der Waals surface area contributed by atoms with Crippen molar-refractivity contribution in [1.82, 2.24) is 0 Å². The van der Waals surface area contributed by atoms with Crippen molar-refractivity contribution < 1.29 is 18.4 Å². The van der Waals surface area contributed by atoms with Crippen LogP contribution >= 0.6 is 0 Å². The van der Waals surface area contributed by atoms with Crippen molar-refractivity contribution >= 4 is 17.4 Å². The van der Waals surface area contributed by atoms with Crippen LogP contribution in [0.3, 0.4) is 0 Å². The third-order valence-corrected chi connectivity index (χ3v) is 3.44. The van der Waals surface area contributed by atoms with Crippen molar-refractivity contribution in [2.24, 2.45) is 0 Å². The SMILES string of the molecule is Cc1occc1C(=O)c1cc2c(cc1F)NC(=O)CC2. The zero-order chi connectivity index (χ0) is 14.3. The minimum absolute atomic E-state index is 0.00407. The van der Waals surface area contributed by atoms with Crippen LogP contribution in [0, 0.1) is 12.7 Å². The summed E-state index contributed by atoms with van der Waals surface area (Å²) in [6, 6.07) is 4.24. The molecule has 0 saturated heterocycles. The zero-order valence-corrected chi connectivity index (χ0v) is 10.8. The first-order chi connectivity index (χ1) is 9.56. The minimum Gasteiger partial charge on any atom is -0.469 e. The number of halogens is 1. The first kappa shape index (κ1) is 12.6. The number of fused-ring (bicyclic) bond motifs is 1. The van der Waals surface area contributed by atoms with Gasteiger partial charge in [-0.2, -0.15) is 0 Å². The number of aryl methyl sites for hydroxylation is 2. The molecule has 20 heavy (non-hydrogen) atoms. The predicted octanol–water partition coefficient (Wildman–Crippen LogP) is 2.84. The van der Waals surface area contributed by atoms with Crippen molar-refractivity contribution in [3.63, 3.8) is 0 Å². The number of nitrogens with one attached hydrogen (secondary N) is 1. The fourth-order valence-electron chi connectivity index (χ4n) is 2.34. The van der Waals surface area contributed by atoms with Crippen LogP contribution in [0.4, 0.5) is 10.1 Å². The lowest BCUT2D eigenvalue weighted by atomic mass is 9.96. The molecule has 1 amide bonds. The summed E-state index contributed by atoms with van der Waals surface area (Å²) in [7, 11) is 0. The maximum absolute atomic E-state index is 14.1. The van der Waals surface area contributed by atoms with Gasteiger partial charge in [0.25, 0.3) is 0 Å². The Hall–Kier alpha value is -2.43. The monoisotopic (exact) mass is 273 g/mol. The summed E-state index contributed by atoms with van der Waals surface area (Å²) in [5.74, 6) is -0.730. The maximum atomic E-state index is 14.1. The fraction of sp³-hybridized carbons (Fsp3) is 0.200. The number of ketones is 1. The molecule has 2 aromatic rings. The molecule has 0 radical (unpaired) electrons. The molecule has 0 bridgehead atoms. The molecular weight excluding hydrogens is 261 g/mol. The molecule has 4 nitrogen and oxygen atoms in total. The van der Waals surface area contributed by atoms with Gasteiger partial charge in [-0.25, -0.2) is 4.39 Å². The highest BCUT2D eigenvalue weighted by Gasteiger charge is 2.22. The number of furan rings is 1. The first-order valence-corrected chi connectivity index (χ1v) is 6.27. The van der Waals surface area contributed by atoms with Crippen LogP contribution in [-0.2, 0) is 11.2 Å². The van der Waals surface area contributed by atoms with E-state index in [0.29, 0.717) is 29.9 Å². The Morgan fingerprint density at radius 2 is 2.10 bits per heavy atom. The van der Waals surface area contributed by atoms with Crippen molar-refractivity contribution in [2.45, 2.75) is 19.8 Å². The summed E-state index contributed by atoms with van der Waals surface area (Å²) in [5.41, 5.74) is 1.57. The van der Waals surface area contributed by atoms with E-state index >= 15 is 0 Å². The number of anilines is 1. The first-order valence-electron chi connectivity index (χ1n) is 6.27. The highest BCUT2D eigenvalue weighted by molar-refractivity contribution is 6.10. The molecule has 3 rings (SSSR count).